The molecule has 5 rings (SSSR count). The molecule has 1 fully saturated rings. The minimum absolute atomic E-state index is 0.0204. The molecule has 0 amide bonds. The van der Waals surface area contributed by atoms with Crippen molar-refractivity contribution in [2.75, 3.05) is 31.2 Å². The number of fused-ring (bicyclic) bond motifs is 2. The molecule has 31 heavy (non-hydrogen) atoms. The average molecular weight is 422 g/mol. The van der Waals surface area contributed by atoms with Crippen LogP contribution in [0.4, 0.5) is 5.95 Å². The number of hydrogen-bond acceptors (Lipinski definition) is 7. The van der Waals surface area contributed by atoms with Crippen LogP contribution in [0.1, 0.15) is 20.3 Å². The van der Waals surface area contributed by atoms with E-state index in [-0.39, 0.29) is 19.1 Å². The van der Waals surface area contributed by atoms with Gasteiger partial charge in [0.15, 0.2) is 5.65 Å². The van der Waals surface area contributed by atoms with E-state index in [1.165, 1.54) is 0 Å². The average Bonchev–Trinajstić information content (AvgIpc) is 3.44. The van der Waals surface area contributed by atoms with Gasteiger partial charge in [-0.2, -0.15) is 4.98 Å². The number of anilines is 1. The Labute approximate surface area is 179 Å². The van der Waals surface area contributed by atoms with Crippen molar-refractivity contribution in [2.45, 2.75) is 26.8 Å². The lowest BCUT2D eigenvalue weighted by molar-refractivity contribution is -0.00450. The lowest BCUT2D eigenvalue weighted by atomic mass is 9.72. The number of imidazole rings is 2. The van der Waals surface area contributed by atoms with Gasteiger partial charge in [0.25, 0.3) is 0 Å². The van der Waals surface area contributed by atoms with Crippen molar-refractivity contribution in [3.05, 3.63) is 30.9 Å². The second-order valence-electron chi connectivity index (χ2n) is 8.48. The number of aliphatic hydroxyl groups excluding tert-OH is 2. The summed E-state index contributed by atoms with van der Waals surface area (Å²) in [5.41, 5.74) is 4.72. The fourth-order valence-electron chi connectivity index (χ4n) is 4.56. The first kappa shape index (κ1) is 19.9. The topological polar surface area (TPSA) is 116 Å². The van der Waals surface area contributed by atoms with Crippen LogP contribution in [0.3, 0.4) is 0 Å². The molecule has 1 aliphatic heterocycles. The first-order chi connectivity index (χ1) is 15.1. The van der Waals surface area contributed by atoms with Crippen LogP contribution in [0.5, 0.6) is 0 Å². The van der Waals surface area contributed by atoms with Gasteiger partial charge in [0.1, 0.15) is 11.2 Å². The van der Waals surface area contributed by atoms with E-state index in [1.807, 2.05) is 6.33 Å². The highest BCUT2D eigenvalue weighted by atomic mass is 16.3. The summed E-state index contributed by atoms with van der Waals surface area (Å²) in [4.78, 5) is 23.8. The molecule has 1 saturated heterocycles. The van der Waals surface area contributed by atoms with Crippen LogP contribution in [-0.2, 0) is 6.54 Å². The molecule has 1 atom stereocenters. The summed E-state index contributed by atoms with van der Waals surface area (Å²) in [6.07, 6.45) is 4.17. The zero-order chi connectivity index (χ0) is 21.6. The first-order valence-electron chi connectivity index (χ1n) is 10.7. The maximum atomic E-state index is 9.85. The largest absolute Gasteiger partial charge is 0.396 e. The summed E-state index contributed by atoms with van der Waals surface area (Å²) in [5.74, 6) is 0.720. The summed E-state index contributed by atoms with van der Waals surface area (Å²) < 4.78 is 2.11. The predicted octanol–water partition coefficient (Wildman–Crippen LogP) is 2.21. The molecule has 4 aromatic rings. The summed E-state index contributed by atoms with van der Waals surface area (Å²) in [6.45, 7) is 6.32. The van der Waals surface area contributed by atoms with Crippen molar-refractivity contribution in [1.82, 2.24) is 29.5 Å². The Balaban J connectivity index is 1.56. The third-order valence-corrected chi connectivity index (χ3v) is 6.84. The Kier molecular flexibility index (Phi) is 4.86. The predicted molar refractivity (Wildman–Crippen MR) is 119 cm³/mol. The smallest absolute Gasteiger partial charge is 0.228 e. The number of aromatic nitrogens is 6. The van der Waals surface area contributed by atoms with Crippen LogP contribution in [-0.4, -0.2) is 66.0 Å². The third-order valence-electron chi connectivity index (χ3n) is 6.84. The van der Waals surface area contributed by atoms with Crippen molar-refractivity contribution < 1.29 is 10.2 Å². The Morgan fingerprint density at radius 3 is 2.77 bits per heavy atom. The van der Waals surface area contributed by atoms with E-state index in [9.17, 15) is 10.2 Å². The van der Waals surface area contributed by atoms with Gasteiger partial charge >= 0.3 is 0 Å². The molecule has 9 nitrogen and oxygen atoms in total. The van der Waals surface area contributed by atoms with Gasteiger partial charge in [-0.25, -0.2) is 15.0 Å². The molecule has 162 valence electrons. The third kappa shape index (κ3) is 3.16. The molecule has 0 saturated carbocycles. The zero-order valence-corrected chi connectivity index (χ0v) is 17.8. The highest BCUT2D eigenvalue weighted by Crippen LogP contribution is 2.37. The Morgan fingerprint density at radius 1 is 1.19 bits per heavy atom. The Morgan fingerprint density at radius 2 is 2.03 bits per heavy atom. The second kappa shape index (κ2) is 7.58. The van der Waals surface area contributed by atoms with E-state index in [2.05, 4.69) is 61.4 Å². The maximum Gasteiger partial charge on any atom is 0.228 e. The monoisotopic (exact) mass is 421 g/mol. The molecule has 0 aliphatic carbocycles. The van der Waals surface area contributed by atoms with Gasteiger partial charge in [0.2, 0.25) is 5.95 Å². The van der Waals surface area contributed by atoms with E-state index >= 15 is 0 Å². The summed E-state index contributed by atoms with van der Waals surface area (Å²) in [5, 5.41) is 19.7. The van der Waals surface area contributed by atoms with Crippen LogP contribution in [0.2, 0.25) is 0 Å². The van der Waals surface area contributed by atoms with Gasteiger partial charge in [0.05, 0.1) is 36.9 Å². The van der Waals surface area contributed by atoms with Gasteiger partial charge in [0, 0.05) is 30.6 Å². The lowest BCUT2D eigenvalue weighted by Gasteiger charge is -2.44. The van der Waals surface area contributed by atoms with Crippen molar-refractivity contribution in [3.63, 3.8) is 0 Å². The van der Waals surface area contributed by atoms with Gasteiger partial charge in [-0.3, -0.25) is 0 Å². The van der Waals surface area contributed by atoms with E-state index in [1.54, 1.807) is 6.33 Å². The van der Waals surface area contributed by atoms with Gasteiger partial charge < -0.3 is 24.7 Å². The number of aryl methyl sites for hydroxylation is 1. The van der Waals surface area contributed by atoms with Crippen molar-refractivity contribution in [1.29, 1.82) is 0 Å². The van der Waals surface area contributed by atoms with Gasteiger partial charge in [-0.15, -0.1) is 0 Å². The standard InChI is InChI=1S/C22H27N7O2/c1-3-28-13-25-16-8-15(4-5-17(16)28)18-19-20(24-12-23-19)27-21(26-18)29-7-6-22(10-30,11-31)14(2)9-29/h4-5,8,12-14,30-31H,3,6-7,9-11H2,1-2H3,(H,23,24,26,27). The van der Waals surface area contributed by atoms with E-state index in [0.717, 1.165) is 34.4 Å². The number of aromatic amines is 1. The van der Waals surface area contributed by atoms with Gasteiger partial charge in [-0.05, 0) is 31.4 Å². The number of nitrogens with zero attached hydrogens (tertiary/aromatic N) is 6. The lowest BCUT2D eigenvalue weighted by Crippen LogP contribution is -2.50. The van der Waals surface area contributed by atoms with Crippen LogP contribution in [0.15, 0.2) is 30.9 Å². The zero-order valence-electron chi connectivity index (χ0n) is 17.8. The van der Waals surface area contributed by atoms with Crippen LogP contribution in [0, 0.1) is 11.3 Å². The minimum Gasteiger partial charge on any atom is -0.396 e. The molecule has 1 aliphatic rings. The molecule has 3 N–H and O–H groups in total. The molecular weight excluding hydrogens is 394 g/mol. The number of nitrogens with one attached hydrogen (secondary N) is 1. The summed E-state index contributed by atoms with van der Waals surface area (Å²) in [7, 11) is 0. The number of aliphatic hydroxyl groups is 2. The van der Waals surface area contributed by atoms with Crippen LogP contribution >= 0.6 is 0 Å². The molecular formula is C22H27N7O2. The summed E-state index contributed by atoms with van der Waals surface area (Å²) >= 11 is 0. The fourth-order valence-corrected chi connectivity index (χ4v) is 4.56. The normalized spacial score (nSPS) is 18.8. The SMILES string of the molecule is CCn1cnc2cc(-c3nc(N4CCC(CO)(CO)C(C)C4)nc4nc[nH]c34)ccc21. The number of rotatable bonds is 5. The quantitative estimate of drug-likeness (QED) is 0.452. The number of piperidine rings is 1. The maximum absolute atomic E-state index is 9.85. The van der Waals surface area contributed by atoms with Crippen molar-refractivity contribution in [3.8, 4) is 11.3 Å². The Hall–Kier alpha value is -3.04. The molecule has 0 spiro atoms. The first-order valence-corrected chi connectivity index (χ1v) is 10.7. The molecule has 4 heterocycles. The Bertz CT molecular complexity index is 1230. The van der Waals surface area contributed by atoms with Crippen molar-refractivity contribution >= 4 is 28.1 Å². The van der Waals surface area contributed by atoms with Gasteiger partial charge in [-0.1, -0.05) is 13.0 Å². The van der Waals surface area contributed by atoms with Crippen molar-refractivity contribution in [2.24, 2.45) is 11.3 Å². The second-order valence-corrected chi connectivity index (χ2v) is 8.48. The number of hydrogen-bond donors (Lipinski definition) is 3. The minimum atomic E-state index is -0.459. The molecule has 1 aromatic carbocycles. The highest BCUT2D eigenvalue weighted by molar-refractivity contribution is 5.91. The number of H-pyrrole nitrogens is 1. The molecule has 0 radical (unpaired) electrons. The molecule has 9 heteroatoms. The van der Waals surface area contributed by atoms with Crippen LogP contribution in [0.25, 0.3) is 33.5 Å². The molecule has 0 bridgehead atoms. The highest BCUT2D eigenvalue weighted by Gasteiger charge is 2.40. The fraction of sp³-hybridized carbons (Fsp3) is 0.455. The molecule has 1 unspecified atom stereocenters. The van der Waals surface area contributed by atoms with E-state index < -0.39 is 5.41 Å². The van der Waals surface area contributed by atoms with Crippen LogP contribution < -0.4 is 4.90 Å². The molecule has 3 aromatic heterocycles. The number of benzene rings is 1. The summed E-state index contributed by atoms with van der Waals surface area (Å²) in [6, 6.07) is 6.18. The van der Waals surface area contributed by atoms with E-state index in [0.29, 0.717) is 31.1 Å². The van der Waals surface area contributed by atoms with E-state index in [4.69, 9.17) is 4.98 Å².